The number of H-pyrrole nitrogens is 1. The standard InChI is InChI=1S/C29H33FN8O2.3C2HF3O2/c1-29(2,3)36-28(39)19-12-21(30)14-24(13-19)40-23-6-10-37(11-7-23)17-22(4-8-31)38-16-20(15-35-38)26-25-5-9-32-27(25)34-18-33-26;3*3-2(4,5)1(6)7/h5,9,12-16,18,22-23H,4,6-7,10-11,17H2,1-3H3,(H,36,39)(H,32,33,34);3*(H,6,7). The van der Waals surface area contributed by atoms with Gasteiger partial charge in [0.2, 0.25) is 0 Å². The van der Waals surface area contributed by atoms with Crippen LogP contribution in [0, 0.1) is 17.1 Å². The normalized spacial score (nSPS) is 14.1. The van der Waals surface area contributed by atoms with Gasteiger partial charge >= 0.3 is 36.4 Å². The molecule has 5 N–H and O–H groups in total. The largest absolute Gasteiger partial charge is 0.490 e. The van der Waals surface area contributed by atoms with Crippen molar-refractivity contribution >= 4 is 34.8 Å². The minimum Gasteiger partial charge on any atom is -0.490 e. The van der Waals surface area contributed by atoms with Gasteiger partial charge in [0.05, 0.1) is 30.4 Å². The molecular weight excluding hydrogens is 850 g/mol. The fraction of sp³-hybridized carbons (Fsp3) is 0.429. The number of ether oxygens (including phenoxy) is 1. The number of aromatic amines is 1. The number of carboxylic acid groups (broad SMARTS) is 3. The Bertz CT molecular complexity index is 2090. The number of aromatic nitrogens is 5. The van der Waals surface area contributed by atoms with Crippen LogP contribution in [0.3, 0.4) is 0 Å². The number of likely N-dealkylation sites (tertiary alicyclic amines) is 1. The minimum atomic E-state index is -5.08. The van der Waals surface area contributed by atoms with Gasteiger partial charge in [0.15, 0.2) is 0 Å². The summed E-state index contributed by atoms with van der Waals surface area (Å²) in [5, 5.41) is 39.2. The third-order valence-corrected chi connectivity index (χ3v) is 7.59. The molecule has 1 aliphatic rings. The summed E-state index contributed by atoms with van der Waals surface area (Å²) >= 11 is 0. The van der Waals surface area contributed by atoms with Gasteiger partial charge in [0.1, 0.15) is 29.6 Å². The molecule has 334 valence electrons. The molecule has 1 unspecified atom stereocenters. The monoisotopic (exact) mass is 886 g/mol. The maximum Gasteiger partial charge on any atom is 0.490 e. The summed E-state index contributed by atoms with van der Waals surface area (Å²) in [6.45, 7) is 7.83. The van der Waals surface area contributed by atoms with E-state index in [2.05, 4.69) is 36.3 Å². The second-order valence-electron chi connectivity index (χ2n) is 13.6. The number of nitriles is 1. The number of hydrogen-bond acceptors (Lipinski definition) is 10. The molecule has 0 radical (unpaired) electrons. The van der Waals surface area contributed by atoms with Gasteiger partial charge in [-0.25, -0.2) is 28.7 Å². The molecule has 4 heterocycles. The van der Waals surface area contributed by atoms with Gasteiger partial charge in [-0.2, -0.15) is 49.9 Å². The van der Waals surface area contributed by atoms with Gasteiger partial charge in [-0.3, -0.25) is 9.48 Å². The maximum atomic E-state index is 14.3. The third-order valence-electron chi connectivity index (χ3n) is 7.59. The number of aliphatic carboxylic acids is 3. The quantitative estimate of drug-likeness (QED) is 0.121. The van der Waals surface area contributed by atoms with Crippen molar-refractivity contribution < 1.29 is 83.1 Å². The lowest BCUT2D eigenvalue weighted by Gasteiger charge is -2.34. The molecule has 26 heteroatoms. The fourth-order valence-electron chi connectivity index (χ4n) is 4.98. The first-order chi connectivity index (χ1) is 28.0. The van der Waals surface area contributed by atoms with Gasteiger partial charge in [-0.05, 0) is 51.8 Å². The van der Waals surface area contributed by atoms with Crippen LogP contribution >= 0.6 is 0 Å². The van der Waals surface area contributed by atoms with E-state index in [1.807, 2.05) is 43.9 Å². The molecule has 1 saturated heterocycles. The van der Waals surface area contributed by atoms with E-state index in [-0.39, 0.29) is 23.6 Å². The van der Waals surface area contributed by atoms with E-state index in [1.54, 1.807) is 12.3 Å². The van der Waals surface area contributed by atoms with Crippen LogP contribution in [0.5, 0.6) is 5.75 Å². The molecule has 1 fully saturated rings. The SMILES string of the molecule is CC(C)(C)NC(=O)c1cc(F)cc(OC2CCN(CC(CC#N)n3cc(-c4ncnc5[nH]ccc45)cn3)CC2)c1.O=C(O)C(F)(F)F.O=C(O)C(F)(F)F.O=C(O)C(F)(F)F. The van der Waals surface area contributed by atoms with Gasteiger partial charge in [0, 0.05) is 60.1 Å². The zero-order valence-electron chi connectivity index (χ0n) is 31.9. The van der Waals surface area contributed by atoms with Crippen molar-refractivity contribution in [2.75, 3.05) is 19.6 Å². The van der Waals surface area contributed by atoms with E-state index in [1.165, 1.54) is 18.5 Å². The van der Waals surface area contributed by atoms with Crippen LogP contribution in [0.1, 0.15) is 56.4 Å². The zero-order chi connectivity index (χ0) is 46.5. The average molecular weight is 887 g/mol. The average Bonchev–Trinajstić information content (AvgIpc) is 3.82. The highest BCUT2D eigenvalue weighted by molar-refractivity contribution is 5.95. The van der Waals surface area contributed by atoms with Crippen LogP contribution in [0.4, 0.5) is 43.9 Å². The van der Waals surface area contributed by atoms with E-state index in [0.29, 0.717) is 18.7 Å². The number of fused-ring (bicyclic) bond motifs is 1. The van der Waals surface area contributed by atoms with E-state index in [9.17, 15) is 54.0 Å². The Hall–Kier alpha value is -6.52. The number of carbonyl (C=O) groups excluding carboxylic acids is 1. The molecule has 16 nitrogen and oxygen atoms in total. The second-order valence-corrected chi connectivity index (χ2v) is 13.6. The maximum absolute atomic E-state index is 14.3. The van der Waals surface area contributed by atoms with Crippen molar-refractivity contribution in [2.45, 2.75) is 76.2 Å². The van der Waals surface area contributed by atoms with Crippen LogP contribution in [-0.4, -0.2) is 119 Å². The highest BCUT2D eigenvalue weighted by Crippen LogP contribution is 2.27. The first kappa shape index (κ1) is 50.6. The number of alkyl halides is 9. The van der Waals surface area contributed by atoms with E-state index >= 15 is 0 Å². The summed E-state index contributed by atoms with van der Waals surface area (Å²) in [6.07, 6.45) is -6.47. The van der Waals surface area contributed by atoms with E-state index in [0.717, 1.165) is 48.2 Å². The first-order valence-electron chi connectivity index (χ1n) is 17.1. The molecule has 0 spiro atoms. The second kappa shape index (κ2) is 21.1. The molecule has 3 aromatic heterocycles. The molecule has 0 bridgehead atoms. The van der Waals surface area contributed by atoms with Crippen LogP contribution in [0.15, 0.2) is 49.2 Å². The predicted octanol–water partition coefficient (Wildman–Crippen LogP) is 6.39. The topological polar surface area (TPSA) is 237 Å². The molecule has 0 saturated carbocycles. The predicted molar refractivity (Wildman–Crippen MR) is 189 cm³/mol. The molecule has 4 aromatic rings. The third kappa shape index (κ3) is 17.3. The Kier molecular flexibility index (Phi) is 17.5. The zero-order valence-corrected chi connectivity index (χ0v) is 31.9. The molecule has 1 amide bonds. The highest BCUT2D eigenvalue weighted by Gasteiger charge is 2.39. The van der Waals surface area contributed by atoms with Crippen LogP contribution in [0.2, 0.25) is 0 Å². The lowest BCUT2D eigenvalue weighted by atomic mass is 10.1. The van der Waals surface area contributed by atoms with Gasteiger partial charge in [-0.1, -0.05) is 0 Å². The molecule has 5 rings (SSSR count). The van der Waals surface area contributed by atoms with Crippen molar-refractivity contribution in [1.82, 2.24) is 34.9 Å². The number of piperidine rings is 1. The summed E-state index contributed by atoms with van der Waals surface area (Å²) in [5.41, 5.74) is 2.23. The molecule has 61 heavy (non-hydrogen) atoms. The Balaban J connectivity index is 0.000000502. The number of nitrogens with zero attached hydrogens (tertiary/aromatic N) is 6. The molecule has 0 aliphatic carbocycles. The Morgan fingerprint density at radius 2 is 1.46 bits per heavy atom. The lowest BCUT2D eigenvalue weighted by Crippen LogP contribution is -2.41. The summed E-state index contributed by atoms with van der Waals surface area (Å²) in [5.74, 6) is -8.77. The van der Waals surface area contributed by atoms with Crippen LogP contribution in [0.25, 0.3) is 22.3 Å². The number of amides is 1. The van der Waals surface area contributed by atoms with Crippen molar-refractivity contribution in [1.29, 1.82) is 5.26 Å². The Morgan fingerprint density at radius 3 is 1.95 bits per heavy atom. The van der Waals surface area contributed by atoms with Crippen molar-refractivity contribution in [3.8, 4) is 23.1 Å². The molecular formula is C35H36F10N8O8. The number of nitrogens with one attached hydrogen (secondary N) is 2. The van der Waals surface area contributed by atoms with Crippen molar-refractivity contribution in [2.24, 2.45) is 0 Å². The number of benzene rings is 1. The number of halogens is 10. The number of carboxylic acids is 3. The molecule has 1 aromatic carbocycles. The van der Waals surface area contributed by atoms with Gasteiger partial charge in [-0.15, -0.1) is 0 Å². The van der Waals surface area contributed by atoms with E-state index < -0.39 is 47.8 Å². The van der Waals surface area contributed by atoms with Crippen molar-refractivity contribution in [3.05, 3.63) is 60.6 Å². The Morgan fingerprint density at radius 1 is 0.918 bits per heavy atom. The Labute approximate surface area is 337 Å². The minimum absolute atomic E-state index is 0.0937. The number of rotatable bonds is 8. The lowest BCUT2D eigenvalue weighted by molar-refractivity contribution is -0.193. The fourth-order valence-corrected chi connectivity index (χ4v) is 4.98. The summed E-state index contributed by atoms with van der Waals surface area (Å²) in [6, 6.07) is 8.24. The smallest absolute Gasteiger partial charge is 0.490 e. The van der Waals surface area contributed by atoms with Crippen LogP contribution in [-0.2, 0) is 14.4 Å². The number of hydrogen-bond donors (Lipinski definition) is 5. The van der Waals surface area contributed by atoms with Crippen LogP contribution < -0.4 is 10.1 Å². The first-order valence-corrected chi connectivity index (χ1v) is 17.1. The van der Waals surface area contributed by atoms with Gasteiger partial charge < -0.3 is 35.3 Å². The summed E-state index contributed by atoms with van der Waals surface area (Å²) < 4.78 is 117. The highest BCUT2D eigenvalue weighted by atomic mass is 19.4. The molecule has 1 atom stereocenters. The number of carbonyl (C=O) groups is 4. The van der Waals surface area contributed by atoms with E-state index in [4.69, 9.17) is 34.4 Å². The van der Waals surface area contributed by atoms with Gasteiger partial charge in [0.25, 0.3) is 5.91 Å². The summed E-state index contributed by atoms with van der Waals surface area (Å²) in [4.78, 5) is 53.3. The summed E-state index contributed by atoms with van der Waals surface area (Å²) in [7, 11) is 0. The van der Waals surface area contributed by atoms with Crippen molar-refractivity contribution in [3.63, 3.8) is 0 Å². The molecule has 1 aliphatic heterocycles.